The van der Waals surface area contributed by atoms with Gasteiger partial charge in [0.1, 0.15) is 11.5 Å². The maximum atomic E-state index is 5.75. The molecule has 2 aromatic rings. The first-order valence-corrected chi connectivity index (χ1v) is 5.73. The number of halogens is 1. The van der Waals surface area contributed by atoms with Crippen LogP contribution < -0.4 is 10.5 Å². The highest BCUT2D eigenvalue weighted by Gasteiger charge is 2.00. The molecule has 0 saturated heterocycles. The molecule has 0 atom stereocenters. The fourth-order valence-electron chi connectivity index (χ4n) is 1.50. The Balaban J connectivity index is 2.27. The van der Waals surface area contributed by atoms with E-state index >= 15 is 0 Å². The lowest BCUT2D eigenvalue weighted by molar-refractivity contribution is 0.482. The zero-order valence-corrected chi connectivity index (χ0v) is 10.5. The highest BCUT2D eigenvalue weighted by molar-refractivity contribution is 9.10. The largest absolute Gasteiger partial charge is 0.457 e. The predicted molar refractivity (Wildman–Crippen MR) is 69.8 cm³/mol. The smallest absolute Gasteiger partial charge is 0.129 e. The van der Waals surface area contributed by atoms with Crippen LogP contribution in [0.3, 0.4) is 0 Å². The molecular weight excluding hydrogens is 266 g/mol. The SMILES string of the molecule is Cc1cc(N)cc(Oc2cccc(Br)c2)c1. The summed E-state index contributed by atoms with van der Waals surface area (Å²) in [5.74, 6) is 1.55. The van der Waals surface area contributed by atoms with Crippen LogP contribution in [0.15, 0.2) is 46.9 Å². The molecule has 0 radical (unpaired) electrons. The topological polar surface area (TPSA) is 35.2 Å². The van der Waals surface area contributed by atoms with Crippen LogP contribution in [0, 0.1) is 6.92 Å². The number of anilines is 1. The predicted octanol–water partition coefficient (Wildman–Crippen LogP) is 4.13. The number of nitrogen functional groups attached to an aromatic ring is 1. The lowest BCUT2D eigenvalue weighted by Crippen LogP contribution is -1.89. The minimum atomic E-state index is 0.713. The molecule has 0 saturated carbocycles. The van der Waals surface area contributed by atoms with Gasteiger partial charge in [-0.05, 0) is 42.8 Å². The molecule has 0 fully saturated rings. The van der Waals surface area contributed by atoms with Gasteiger partial charge >= 0.3 is 0 Å². The van der Waals surface area contributed by atoms with Crippen molar-refractivity contribution in [3.05, 3.63) is 52.5 Å². The summed E-state index contributed by atoms with van der Waals surface area (Å²) < 4.78 is 6.70. The standard InChI is InChI=1S/C13H12BrNO/c1-9-5-11(15)8-13(6-9)16-12-4-2-3-10(14)7-12/h2-8H,15H2,1H3. The monoisotopic (exact) mass is 277 g/mol. The van der Waals surface area contributed by atoms with Crippen molar-refractivity contribution in [2.45, 2.75) is 6.92 Å². The Hall–Kier alpha value is -1.48. The van der Waals surface area contributed by atoms with Crippen molar-refractivity contribution in [3.8, 4) is 11.5 Å². The number of nitrogens with two attached hydrogens (primary N) is 1. The third-order valence-corrected chi connectivity index (χ3v) is 2.60. The molecule has 3 heteroatoms. The minimum Gasteiger partial charge on any atom is -0.457 e. The van der Waals surface area contributed by atoms with Gasteiger partial charge in [-0.25, -0.2) is 0 Å². The van der Waals surface area contributed by atoms with Crippen LogP contribution in [0.2, 0.25) is 0 Å². The summed E-state index contributed by atoms with van der Waals surface area (Å²) >= 11 is 3.40. The van der Waals surface area contributed by atoms with Crippen LogP contribution in [0.25, 0.3) is 0 Å². The Labute approximate surface area is 103 Å². The van der Waals surface area contributed by atoms with Gasteiger partial charge in [0.15, 0.2) is 0 Å². The fourth-order valence-corrected chi connectivity index (χ4v) is 1.88. The van der Waals surface area contributed by atoms with E-state index in [1.54, 1.807) is 0 Å². The summed E-state index contributed by atoms with van der Waals surface area (Å²) in [7, 11) is 0. The molecule has 0 unspecified atom stereocenters. The van der Waals surface area contributed by atoms with Gasteiger partial charge in [0.25, 0.3) is 0 Å². The zero-order chi connectivity index (χ0) is 11.5. The van der Waals surface area contributed by atoms with Crippen LogP contribution in [0.4, 0.5) is 5.69 Å². The Morgan fingerprint density at radius 2 is 1.88 bits per heavy atom. The first kappa shape index (κ1) is 11.0. The molecule has 0 aliphatic heterocycles. The van der Waals surface area contributed by atoms with Crippen molar-refractivity contribution < 1.29 is 4.74 Å². The van der Waals surface area contributed by atoms with E-state index in [0.29, 0.717) is 5.69 Å². The second-order valence-electron chi connectivity index (χ2n) is 3.64. The molecular formula is C13H12BrNO. The lowest BCUT2D eigenvalue weighted by atomic mass is 10.2. The molecule has 2 rings (SSSR count). The summed E-state index contributed by atoms with van der Waals surface area (Å²) in [4.78, 5) is 0. The normalized spacial score (nSPS) is 10.1. The number of hydrogen-bond donors (Lipinski definition) is 1. The summed E-state index contributed by atoms with van der Waals surface area (Å²) in [5.41, 5.74) is 7.55. The summed E-state index contributed by atoms with van der Waals surface area (Å²) in [6.45, 7) is 1.99. The van der Waals surface area contributed by atoms with E-state index < -0.39 is 0 Å². The van der Waals surface area contributed by atoms with Crippen LogP contribution in [-0.4, -0.2) is 0 Å². The van der Waals surface area contributed by atoms with Gasteiger partial charge in [-0.1, -0.05) is 22.0 Å². The van der Waals surface area contributed by atoms with Crippen LogP contribution in [0.5, 0.6) is 11.5 Å². The molecule has 0 spiro atoms. The van der Waals surface area contributed by atoms with Gasteiger partial charge in [0.2, 0.25) is 0 Å². The van der Waals surface area contributed by atoms with Crippen molar-refractivity contribution in [2.24, 2.45) is 0 Å². The van der Waals surface area contributed by atoms with E-state index in [1.807, 2.05) is 49.4 Å². The maximum Gasteiger partial charge on any atom is 0.129 e. The third-order valence-electron chi connectivity index (χ3n) is 2.10. The van der Waals surface area contributed by atoms with Gasteiger partial charge in [-0.3, -0.25) is 0 Å². The van der Waals surface area contributed by atoms with E-state index in [2.05, 4.69) is 15.9 Å². The van der Waals surface area contributed by atoms with Crippen molar-refractivity contribution in [3.63, 3.8) is 0 Å². The van der Waals surface area contributed by atoms with E-state index in [9.17, 15) is 0 Å². The average Bonchev–Trinajstić information content (AvgIpc) is 2.15. The number of hydrogen-bond acceptors (Lipinski definition) is 2. The second kappa shape index (κ2) is 4.58. The number of aryl methyl sites for hydroxylation is 1. The van der Waals surface area contributed by atoms with Gasteiger partial charge in [-0.15, -0.1) is 0 Å². The molecule has 0 aromatic heterocycles. The maximum absolute atomic E-state index is 5.75. The van der Waals surface area contributed by atoms with Crippen molar-refractivity contribution in [1.29, 1.82) is 0 Å². The molecule has 0 bridgehead atoms. The Kier molecular flexibility index (Phi) is 3.15. The molecule has 2 N–H and O–H groups in total. The third kappa shape index (κ3) is 2.76. The number of benzene rings is 2. The van der Waals surface area contributed by atoms with Gasteiger partial charge in [-0.2, -0.15) is 0 Å². The fraction of sp³-hybridized carbons (Fsp3) is 0.0769. The molecule has 0 heterocycles. The highest BCUT2D eigenvalue weighted by atomic mass is 79.9. The van der Waals surface area contributed by atoms with Crippen molar-refractivity contribution in [2.75, 3.05) is 5.73 Å². The van der Waals surface area contributed by atoms with Crippen LogP contribution >= 0.6 is 15.9 Å². The number of ether oxygens (including phenoxy) is 1. The minimum absolute atomic E-state index is 0.713. The summed E-state index contributed by atoms with van der Waals surface area (Å²) in [6.07, 6.45) is 0. The zero-order valence-electron chi connectivity index (χ0n) is 8.91. The van der Waals surface area contributed by atoms with Crippen LogP contribution in [0.1, 0.15) is 5.56 Å². The quantitative estimate of drug-likeness (QED) is 0.838. The molecule has 16 heavy (non-hydrogen) atoms. The molecule has 0 aliphatic carbocycles. The first-order valence-electron chi connectivity index (χ1n) is 4.94. The van der Waals surface area contributed by atoms with Gasteiger partial charge in [0, 0.05) is 16.2 Å². The Bertz CT molecular complexity index is 491. The molecule has 82 valence electrons. The summed E-state index contributed by atoms with van der Waals surface area (Å²) in [6, 6.07) is 13.4. The van der Waals surface area contributed by atoms with Crippen LogP contribution in [-0.2, 0) is 0 Å². The van der Waals surface area contributed by atoms with Gasteiger partial charge in [0.05, 0.1) is 0 Å². The Morgan fingerprint density at radius 3 is 2.56 bits per heavy atom. The van der Waals surface area contributed by atoms with Crippen molar-refractivity contribution in [1.82, 2.24) is 0 Å². The highest BCUT2D eigenvalue weighted by Crippen LogP contribution is 2.26. The Morgan fingerprint density at radius 1 is 1.06 bits per heavy atom. The lowest BCUT2D eigenvalue weighted by Gasteiger charge is -2.07. The van der Waals surface area contributed by atoms with E-state index in [0.717, 1.165) is 21.5 Å². The van der Waals surface area contributed by atoms with E-state index in [4.69, 9.17) is 10.5 Å². The van der Waals surface area contributed by atoms with E-state index in [1.165, 1.54) is 0 Å². The molecule has 2 nitrogen and oxygen atoms in total. The molecule has 0 amide bonds. The molecule has 0 aliphatic rings. The summed E-state index contributed by atoms with van der Waals surface area (Å²) in [5, 5.41) is 0. The molecule has 2 aromatic carbocycles. The number of rotatable bonds is 2. The average molecular weight is 278 g/mol. The van der Waals surface area contributed by atoms with Gasteiger partial charge < -0.3 is 10.5 Å². The second-order valence-corrected chi connectivity index (χ2v) is 4.55. The first-order chi connectivity index (χ1) is 7.63. The van der Waals surface area contributed by atoms with Crippen molar-refractivity contribution >= 4 is 21.6 Å². The van der Waals surface area contributed by atoms with E-state index in [-0.39, 0.29) is 0 Å².